The van der Waals surface area contributed by atoms with Crippen molar-refractivity contribution < 1.29 is 14.3 Å². The molecular weight excluding hydrogens is 245 g/mol. The number of hydrogen-bond acceptors (Lipinski definition) is 2. The van der Waals surface area contributed by atoms with Gasteiger partial charge in [-0.2, -0.15) is 0 Å². The molecule has 0 radical (unpaired) electrons. The van der Waals surface area contributed by atoms with Gasteiger partial charge in [-0.3, -0.25) is 4.90 Å². The molecule has 106 valence electrons. The summed E-state index contributed by atoms with van der Waals surface area (Å²) >= 11 is 0. The number of aromatic carboxylic acids is 1. The fourth-order valence-corrected chi connectivity index (χ4v) is 2.19. The molecular formula is C15H22FNO2. The van der Waals surface area contributed by atoms with E-state index in [1.165, 1.54) is 18.2 Å². The van der Waals surface area contributed by atoms with Crippen LogP contribution in [-0.4, -0.2) is 29.1 Å². The molecule has 0 heterocycles. The zero-order valence-electron chi connectivity index (χ0n) is 12.0. The molecule has 4 heteroatoms. The minimum atomic E-state index is -1.01. The molecule has 0 aliphatic heterocycles. The maximum Gasteiger partial charge on any atom is 0.336 e. The molecule has 0 fully saturated rings. The van der Waals surface area contributed by atoms with E-state index in [0.717, 1.165) is 6.42 Å². The van der Waals surface area contributed by atoms with E-state index in [9.17, 15) is 9.18 Å². The highest BCUT2D eigenvalue weighted by molar-refractivity contribution is 5.89. The van der Waals surface area contributed by atoms with Crippen LogP contribution in [0.2, 0.25) is 0 Å². The minimum Gasteiger partial charge on any atom is -0.478 e. The van der Waals surface area contributed by atoms with Gasteiger partial charge in [0.2, 0.25) is 0 Å². The molecule has 19 heavy (non-hydrogen) atoms. The second kappa shape index (κ2) is 6.66. The lowest BCUT2D eigenvalue weighted by molar-refractivity contribution is 0.0694. The molecule has 0 aliphatic rings. The zero-order chi connectivity index (χ0) is 14.6. The topological polar surface area (TPSA) is 40.5 Å². The zero-order valence-corrected chi connectivity index (χ0v) is 12.0. The Labute approximate surface area is 114 Å². The summed E-state index contributed by atoms with van der Waals surface area (Å²) in [7, 11) is 1.93. The van der Waals surface area contributed by atoms with Crippen molar-refractivity contribution in [3.8, 4) is 0 Å². The molecule has 0 saturated heterocycles. The number of benzene rings is 1. The second-order valence-electron chi connectivity index (χ2n) is 5.50. The van der Waals surface area contributed by atoms with Crippen LogP contribution in [0.25, 0.3) is 0 Å². The average Bonchev–Trinajstić information content (AvgIpc) is 2.27. The van der Waals surface area contributed by atoms with E-state index in [-0.39, 0.29) is 5.56 Å². The summed E-state index contributed by atoms with van der Waals surface area (Å²) in [6, 6.07) is 4.14. The van der Waals surface area contributed by atoms with Gasteiger partial charge in [0.05, 0.1) is 5.56 Å². The molecule has 3 nitrogen and oxygen atoms in total. The first-order valence-corrected chi connectivity index (χ1v) is 6.53. The fourth-order valence-electron chi connectivity index (χ4n) is 2.19. The number of nitrogens with zero attached hydrogens (tertiary/aromatic N) is 1. The highest BCUT2D eigenvalue weighted by Gasteiger charge is 2.16. The van der Waals surface area contributed by atoms with Crippen LogP contribution in [0, 0.1) is 11.7 Å². The fraction of sp³-hybridized carbons (Fsp3) is 0.533. The van der Waals surface area contributed by atoms with Crippen molar-refractivity contribution in [3.05, 3.63) is 35.1 Å². The quantitative estimate of drug-likeness (QED) is 0.859. The Balaban J connectivity index is 2.86. The Kier molecular flexibility index (Phi) is 5.48. The van der Waals surface area contributed by atoms with Crippen LogP contribution in [0.5, 0.6) is 0 Å². The predicted octanol–water partition coefficient (Wildman–Crippen LogP) is 3.39. The minimum absolute atomic E-state index is 0.171. The molecule has 0 spiro atoms. The van der Waals surface area contributed by atoms with Crippen LogP contribution in [-0.2, 0) is 6.54 Å². The predicted molar refractivity (Wildman–Crippen MR) is 73.7 cm³/mol. The summed E-state index contributed by atoms with van der Waals surface area (Å²) in [6.45, 7) is 6.83. The first-order chi connectivity index (χ1) is 8.81. The largest absolute Gasteiger partial charge is 0.478 e. The number of carboxylic acid groups (broad SMARTS) is 1. The molecule has 1 aromatic rings. The molecule has 0 bridgehead atoms. The van der Waals surface area contributed by atoms with Gasteiger partial charge in [0.25, 0.3) is 0 Å². The van der Waals surface area contributed by atoms with Gasteiger partial charge >= 0.3 is 5.97 Å². The Morgan fingerprint density at radius 1 is 1.37 bits per heavy atom. The number of carboxylic acids is 1. The van der Waals surface area contributed by atoms with Gasteiger partial charge in [0.1, 0.15) is 5.82 Å². The molecule has 0 aliphatic carbocycles. The smallest absolute Gasteiger partial charge is 0.336 e. The highest BCUT2D eigenvalue weighted by atomic mass is 19.1. The average molecular weight is 267 g/mol. The maximum absolute atomic E-state index is 13.3. The van der Waals surface area contributed by atoms with Gasteiger partial charge in [-0.15, -0.1) is 0 Å². The standard InChI is InChI=1S/C15H22FNO2/c1-10(2)7-11(3)17(4)9-12-8-13(16)5-6-14(12)15(18)19/h5-6,8,10-11H,7,9H2,1-4H3,(H,18,19). The Morgan fingerprint density at radius 2 is 2.00 bits per heavy atom. The highest BCUT2D eigenvalue weighted by Crippen LogP contribution is 2.17. The summed E-state index contributed by atoms with van der Waals surface area (Å²) in [5.74, 6) is -0.839. The third-order valence-corrected chi connectivity index (χ3v) is 3.28. The number of hydrogen-bond donors (Lipinski definition) is 1. The lowest BCUT2D eigenvalue weighted by Gasteiger charge is -2.26. The Morgan fingerprint density at radius 3 is 2.53 bits per heavy atom. The van der Waals surface area contributed by atoms with E-state index in [1.807, 2.05) is 7.05 Å². The van der Waals surface area contributed by atoms with Gasteiger partial charge < -0.3 is 5.11 Å². The van der Waals surface area contributed by atoms with E-state index < -0.39 is 11.8 Å². The normalized spacial score (nSPS) is 13.0. The lowest BCUT2D eigenvalue weighted by Crippen LogP contribution is -2.30. The maximum atomic E-state index is 13.3. The first kappa shape index (κ1) is 15.6. The van der Waals surface area contributed by atoms with Crippen molar-refractivity contribution in [2.24, 2.45) is 5.92 Å². The van der Waals surface area contributed by atoms with Crippen LogP contribution in [0.1, 0.15) is 43.1 Å². The molecule has 1 unspecified atom stereocenters. The van der Waals surface area contributed by atoms with E-state index in [0.29, 0.717) is 24.1 Å². The third kappa shape index (κ3) is 4.63. The third-order valence-electron chi connectivity index (χ3n) is 3.28. The van der Waals surface area contributed by atoms with Crippen LogP contribution < -0.4 is 0 Å². The van der Waals surface area contributed by atoms with Crippen molar-refractivity contribution in [2.45, 2.75) is 39.8 Å². The summed E-state index contributed by atoms with van der Waals surface area (Å²) in [5.41, 5.74) is 0.690. The van der Waals surface area contributed by atoms with Gasteiger partial charge in [-0.25, -0.2) is 9.18 Å². The lowest BCUT2D eigenvalue weighted by atomic mass is 10.0. The van der Waals surface area contributed by atoms with Gasteiger partial charge in [-0.1, -0.05) is 13.8 Å². The molecule has 0 saturated carbocycles. The Hall–Kier alpha value is -1.42. The second-order valence-corrected chi connectivity index (χ2v) is 5.50. The van der Waals surface area contributed by atoms with Gasteiger partial charge in [0, 0.05) is 12.6 Å². The van der Waals surface area contributed by atoms with Gasteiger partial charge in [-0.05, 0) is 50.1 Å². The van der Waals surface area contributed by atoms with Crippen LogP contribution in [0.15, 0.2) is 18.2 Å². The Bertz CT molecular complexity index is 446. The first-order valence-electron chi connectivity index (χ1n) is 6.53. The van der Waals surface area contributed by atoms with Gasteiger partial charge in [0.15, 0.2) is 0 Å². The molecule has 0 amide bonds. The molecule has 1 atom stereocenters. The summed E-state index contributed by atoms with van der Waals surface area (Å²) in [4.78, 5) is 13.2. The molecule has 1 aromatic carbocycles. The van der Waals surface area contributed by atoms with Crippen LogP contribution >= 0.6 is 0 Å². The van der Waals surface area contributed by atoms with Crippen molar-refractivity contribution in [1.82, 2.24) is 4.90 Å². The number of carbonyl (C=O) groups is 1. The monoisotopic (exact) mass is 267 g/mol. The van der Waals surface area contributed by atoms with E-state index in [2.05, 4.69) is 25.7 Å². The summed E-state index contributed by atoms with van der Waals surface area (Å²) in [5, 5.41) is 9.11. The van der Waals surface area contributed by atoms with E-state index in [4.69, 9.17) is 5.11 Å². The molecule has 1 N–H and O–H groups in total. The van der Waals surface area contributed by atoms with E-state index >= 15 is 0 Å². The van der Waals surface area contributed by atoms with Crippen LogP contribution in [0.3, 0.4) is 0 Å². The molecule has 0 aromatic heterocycles. The van der Waals surface area contributed by atoms with E-state index in [1.54, 1.807) is 0 Å². The number of halogens is 1. The van der Waals surface area contributed by atoms with Crippen molar-refractivity contribution in [3.63, 3.8) is 0 Å². The van der Waals surface area contributed by atoms with Crippen molar-refractivity contribution >= 4 is 5.97 Å². The molecule has 1 rings (SSSR count). The van der Waals surface area contributed by atoms with Crippen molar-refractivity contribution in [2.75, 3.05) is 7.05 Å². The summed E-state index contributed by atoms with van der Waals surface area (Å²) in [6.07, 6.45) is 1.02. The summed E-state index contributed by atoms with van der Waals surface area (Å²) < 4.78 is 13.3. The van der Waals surface area contributed by atoms with Crippen LogP contribution in [0.4, 0.5) is 4.39 Å². The number of rotatable bonds is 6. The van der Waals surface area contributed by atoms with Crippen molar-refractivity contribution in [1.29, 1.82) is 0 Å². The SMILES string of the molecule is CC(C)CC(C)N(C)Cc1cc(F)ccc1C(=O)O.